The predicted octanol–water partition coefficient (Wildman–Crippen LogP) is 3.16. The number of imidazole rings is 1. The van der Waals surface area contributed by atoms with E-state index >= 15 is 0 Å². The number of unbranched alkanes of at least 4 members (excludes halogenated alkanes) is 1. The van der Waals surface area contributed by atoms with Crippen LogP contribution in [0.25, 0.3) is 11.0 Å². The third kappa shape index (κ3) is 6.22. The first kappa shape index (κ1) is 25.6. The molecular formula is C27H41N5O3. The Kier molecular flexibility index (Phi) is 8.78. The number of nitrogens with one attached hydrogen (secondary N) is 1. The molecule has 0 spiro atoms. The van der Waals surface area contributed by atoms with Crippen LogP contribution in [-0.2, 0) is 16.1 Å². The average molecular weight is 484 g/mol. The number of fused-ring (bicyclic) bond motifs is 1. The van der Waals surface area contributed by atoms with Crippen LogP contribution in [0.15, 0.2) is 24.3 Å². The number of ether oxygens (including phenoxy) is 1. The van der Waals surface area contributed by atoms with E-state index in [4.69, 9.17) is 9.72 Å². The first-order valence-electron chi connectivity index (χ1n) is 13.2. The number of piperidine rings is 1. The summed E-state index contributed by atoms with van der Waals surface area (Å²) in [5.74, 6) is 1.50. The van der Waals surface area contributed by atoms with Gasteiger partial charge in [-0.25, -0.2) is 4.98 Å². The topological polar surface area (TPSA) is 79.7 Å². The molecular weight excluding hydrogens is 442 g/mol. The third-order valence-corrected chi connectivity index (χ3v) is 7.16. The molecule has 4 rings (SSSR count). The Labute approximate surface area is 209 Å². The van der Waals surface area contributed by atoms with Crippen molar-refractivity contribution in [3.8, 4) is 0 Å². The first-order chi connectivity index (χ1) is 17.0. The Morgan fingerprint density at radius 2 is 2.09 bits per heavy atom. The molecule has 3 heterocycles. The number of hydrogen-bond donors (Lipinski definition) is 1. The SMILES string of the molecule is COCCCCn1c(C(=O)N(CC(C)C)[C@@H]2CNC[C@H](CN3CCCC3=O)C2)nc2ccccc21. The molecule has 0 saturated carbocycles. The summed E-state index contributed by atoms with van der Waals surface area (Å²) < 4.78 is 7.31. The molecule has 2 fully saturated rings. The number of rotatable bonds is 11. The summed E-state index contributed by atoms with van der Waals surface area (Å²) in [4.78, 5) is 35.1. The van der Waals surface area contributed by atoms with Gasteiger partial charge in [0.1, 0.15) is 0 Å². The molecule has 2 aromatic rings. The Bertz CT molecular complexity index is 1000. The van der Waals surface area contributed by atoms with Gasteiger partial charge in [0.05, 0.1) is 11.0 Å². The summed E-state index contributed by atoms with van der Waals surface area (Å²) in [6.45, 7) is 9.76. The Balaban J connectivity index is 1.56. The molecule has 0 bridgehead atoms. The predicted molar refractivity (Wildman–Crippen MR) is 137 cm³/mol. The van der Waals surface area contributed by atoms with Crippen molar-refractivity contribution in [2.75, 3.05) is 46.4 Å². The minimum absolute atomic E-state index is 0.00587. The van der Waals surface area contributed by atoms with E-state index in [9.17, 15) is 9.59 Å². The lowest BCUT2D eigenvalue weighted by Crippen LogP contribution is -2.54. The standard InChI is InChI=1S/C27H41N5O3/c1-20(2)18-32(22-15-21(16-28-17-22)19-30-12-8-11-25(30)33)27(34)26-29-23-9-4-5-10-24(23)31(26)13-6-7-14-35-3/h4-5,9-10,20-22,28H,6-8,11-19H2,1-3H3/t21-,22+/m1/s1. The Morgan fingerprint density at radius 1 is 1.26 bits per heavy atom. The fraction of sp³-hybridized carbons (Fsp3) is 0.667. The highest BCUT2D eigenvalue weighted by Crippen LogP contribution is 2.24. The normalized spacial score (nSPS) is 20.8. The molecule has 0 radical (unpaired) electrons. The lowest BCUT2D eigenvalue weighted by atomic mass is 9.93. The van der Waals surface area contributed by atoms with Gasteiger partial charge in [-0.15, -0.1) is 0 Å². The molecule has 2 aliphatic rings. The second-order valence-corrected chi connectivity index (χ2v) is 10.5. The zero-order chi connectivity index (χ0) is 24.8. The number of hydrogen-bond acceptors (Lipinski definition) is 5. The van der Waals surface area contributed by atoms with Gasteiger partial charge in [-0.2, -0.15) is 0 Å². The maximum atomic E-state index is 14.1. The smallest absolute Gasteiger partial charge is 0.290 e. The number of aryl methyl sites for hydroxylation is 1. The molecule has 0 unspecified atom stereocenters. The molecule has 8 nitrogen and oxygen atoms in total. The fourth-order valence-corrected chi connectivity index (χ4v) is 5.49. The highest BCUT2D eigenvalue weighted by atomic mass is 16.5. The van der Waals surface area contributed by atoms with Crippen molar-refractivity contribution in [1.82, 2.24) is 24.7 Å². The molecule has 2 aliphatic heterocycles. The minimum atomic E-state index is 0.00587. The van der Waals surface area contributed by atoms with E-state index in [0.29, 0.717) is 37.2 Å². The van der Waals surface area contributed by atoms with Crippen LogP contribution in [0.3, 0.4) is 0 Å². The van der Waals surface area contributed by atoms with Crippen molar-refractivity contribution in [2.45, 2.75) is 58.5 Å². The van der Waals surface area contributed by atoms with Crippen LogP contribution in [0.1, 0.15) is 56.6 Å². The van der Waals surface area contributed by atoms with E-state index in [1.54, 1.807) is 7.11 Å². The first-order valence-corrected chi connectivity index (χ1v) is 13.2. The summed E-state index contributed by atoms with van der Waals surface area (Å²) in [5.41, 5.74) is 1.87. The van der Waals surface area contributed by atoms with Crippen LogP contribution < -0.4 is 5.32 Å². The lowest BCUT2D eigenvalue weighted by molar-refractivity contribution is -0.128. The van der Waals surface area contributed by atoms with Gasteiger partial charge in [0.2, 0.25) is 5.91 Å². The van der Waals surface area contributed by atoms with Crippen LogP contribution >= 0.6 is 0 Å². The van der Waals surface area contributed by atoms with Crippen LogP contribution in [0.2, 0.25) is 0 Å². The highest BCUT2D eigenvalue weighted by Gasteiger charge is 2.34. The van der Waals surface area contributed by atoms with Crippen molar-refractivity contribution < 1.29 is 14.3 Å². The molecule has 2 atom stereocenters. The van der Waals surface area contributed by atoms with Gasteiger partial charge in [-0.3, -0.25) is 9.59 Å². The largest absolute Gasteiger partial charge is 0.385 e. The molecule has 35 heavy (non-hydrogen) atoms. The average Bonchev–Trinajstić information content (AvgIpc) is 3.43. The van der Waals surface area contributed by atoms with Gasteiger partial charge in [0.15, 0.2) is 5.82 Å². The molecule has 1 aromatic carbocycles. The van der Waals surface area contributed by atoms with Gasteiger partial charge in [-0.1, -0.05) is 26.0 Å². The van der Waals surface area contributed by atoms with E-state index in [1.807, 2.05) is 34.1 Å². The minimum Gasteiger partial charge on any atom is -0.385 e. The van der Waals surface area contributed by atoms with Crippen LogP contribution in [-0.4, -0.2) is 83.6 Å². The molecule has 2 amide bonds. The van der Waals surface area contributed by atoms with Crippen molar-refractivity contribution >= 4 is 22.8 Å². The molecule has 2 saturated heterocycles. The van der Waals surface area contributed by atoms with E-state index in [2.05, 4.69) is 23.7 Å². The summed E-state index contributed by atoms with van der Waals surface area (Å²) in [5, 5.41) is 3.55. The van der Waals surface area contributed by atoms with E-state index in [-0.39, 0.29) is 17.9 Å². The van der Waals surface area contributed by atoms with Crippen molar-refractivity contribution in [2.24, 2.45) is 11.8 Å². The van der Waals surface area contributed by atoms with E-state index in [0.717, 1.165) is 69.4 Å². The van der Waals surface area contributed by atoms with Gasteiger partial charge in [0, 0.05) is 58.9 Å². The number of para-hydroxylation sites is 2. The number of methoxy groups -OCH3 is 1. The monoisotopic (exact) mass is 483 g/mol. The van der Waals surface area contributed by atoms with Crippen molar-refractivity contribution in [3.05, 3.63) is 30.1 Å². The highest BCUT2D eigenvalue weighted by molar-refractivity contribution is 5.95. The second kappa shape index (κ2) is 12.0. The number of amides is 2. The van der Waals surface area contributed by atoms with Crippen LogP contribution in [0.5, 0.6) is 0 Å². The second-order valence-electron chi connectivity index (χ2n) is 10.5. The number of benzene rings is 1. The molecule has 0 aliphatic carbocycles. The number of carbonyl (C=O) groups excluding carboxylic acids is 2. The Hall–Kier alpha value is -2.45. The van der Waals surface area contributed by atoms with Crippen molar-refractivity contribution in [1.29, 1.82) is 0 Å². The maximum absolute atomic E-state index is 14.1. The van der Waals surface area contributed by atoms with Gasteiger partial charge < -0.3 is 24.4 Å². The lowest BCUT2D eigenvalue weighted by Gasteiger charge is -2.39. The third-order valence-electron chi connectivity index (χ3n) is 7.16. The summed E-state index contributed by atoms with van der Waals surface area (Å²) in [6, 6.07) is 8.09. The zero-order valence-corrected chi connectivity index (χ0v) is 21.5. The summed E-state index contributed by atoms with van der Waals surface area (Å²) in [6.07, 6.45) is 4.40. The van der Waals surface area contributed by atoms with Crippen LogP contribution in [0.4, 0.5) is 0 Å². The number of likely N-dealkylation sites (tertiary alicyclic amines) is 1. The van der Waals surface area contributed by atoms with Gasteiger partial charge >= 0.3 is 0 Å². The summed E-state index contributed by atoms with van der Waals surface area (Å²) in [7, 11) is 1.72. The molecule has 192 valence electrons. The van der Waals surface area contributed by atoms with E-state index in [1.165, 1.54) is 0 Å². The van der Waals surface area contributed by atoms with Gasteiger partial charge in [-0.05, 0) is 56.2 Å². The molecule has 1 aromatic heterocycles. The number of carbonyl (C=O) groups is 2. The fourth-order valence-electron chi connectivity index (χ4n) is 5.49. The summed E-state index contributed by atoms with van der Waals surface area (Å²) >= 11 is 0. The quantitative estimate of drug-likeness (QED) is 0.497. The number of aromatic nitrogens is 2. The number of nitrogens with zero attached hydrogens (tertiary/aromatic N) is 4. The van der Waals surface area contributed by atoms with Gasteiger partial charge in [0.25, 0.3) is 5.91 Å². The van der Waals surface area contributed by atoms with E-state index < -0.39 is 0 Å². The zero-order valence-electron chi connectivity index (χ0n) is 21.5. The van der Waals surface area contributed by atoms with Crippen molar-refractivity contribution in [3.63, 3.8) is 0 Å². The Morgan fingerprint density at radius 3 is 2.83 bits per heavy atom. The molecule has 1 N–H and O–H groups in total. The van der Waals surface area contributed by atoms with Crippen LogP contribution in [0, 0.1) is 11.8 Å². The maximum Gasteiger partial charge on any atom is 0.290 e. The molecule has 8 heteroatoms.